The van der Waals surface area contributed by atoms with Crippen molar-refractivity contribution in [2.24, 2.45) is 0 Å². The molecule has 0 spiro atoms. The first-order valence-electron chi connectivity index (χ1n) is 10.2. The van der Waals surface area contributed by atoms with Gasteiger partial charge < -0.3 is 16.8 Å². The van der Waals surface area contributed by atoms with Crippen molar-refractivity contribution in [3.05, 3.63) is 69.8 Å². The minimum absolute atomic E-state index is 0.0261. The van der Waals surface area contributed by atoms with Crippen LogP contribution in [0.5, 0.6) is 0 Å². The van der Waals surface area contributed by atoms with Gasteiger partial charge in [-0.2, -0.15) is 15.2 Å². The Balaban J connectivity index is 2.07. The van der Waals surface area contributed by atoms with Gasteiger partial charge in [-0.15, -0.1) is 0 Å². The van der Waals surface area contributed by atoms with Gasteiger partial charge in [-0.1, -0.05) is 12.1 Å². The summed E-state index contributed by atoms with van der Waals surface area (Å²) in [6.45, 7) is 1.49. The molecule has 184 valence electrons. The molecule has 36 heavy (non-hydrogen) atoms. The first-order chi connectivity index (χ1) is 16.9. The summed E-state index contributed by atoms with van der Waals surface area (Å²) in [5, 5.41) is 11.9. The molecule has 1 unspecified atom stereocenters. The Bertz CT molecular complexity index is 1730. The standard InChI is InChI=1S/C22H18F2N8O3S/c1-10(28-19-11(9-25)18(26)30-22(27)31-19)20-29-14-7-4-8-15(36(2,34)35)16(14)21(33)32(20)17-12(23)5-3-6-13(17)24/h3-8,10H,1-2H3,(H5,26,27,28,30,31). The van der Waals surface area contributed by atoms with Gasteiger partial charge in [-0.25, -0.2) is 22.2 Å². The molecule has 0 aliphatic carbocycles. The Morgan fingerprint density at radius 1 is 1.08 bits per heavy atom. The number of nitriles is 1. The van der Waals surface area contributed by atoms with Crippen molar-refractivity contribution in [1.29, 1.82) is 5.26 Å². The molecule has 1 atom stereocenters. The molecule has 2 aromatic heterocycles. The second-order valence-corrected chi connectivity index (χ2v) is 9.76. The van der Waals surface area contributed by atoms with Gasteiger partial charge >= 0.3 is 0 Å². The number of benzene rings is 2. The van der Waals surface area contributed by atoms with Gasteiger partial charge in [0.2, 0.25) is 5.95 Å². The number of nitrogens with two attached hydrogens (primary N) is 2. The van der Waals surface area contributed by atoms with Crippen LogP contribution in [0, 0.1) is 23.0 Å². The van der Waals surface area contributed by atoms with Crippen LogP contribution in [0.3, 0.4) is 0 Å². The largest absolute Gasteiger partial charge is 0.382 e. The van der Waals surface area contributed by atoms with E-state index >= 15 is 0 Å². The number of hydrogen-bond acceptors (Lipinski definition) is 10. The predicted octanol–water partition coefficient (Wildman–Crippen LogP) is 2.07. The molecule has 4 rings (SSSR count). The number of nitrogens with zero attached hydrogens (tertiary/aromatic N) is 5. The monoisotopic (exact) mass is 512 g/mol. The van der Waals surface area contributed by atoms with Crippen LogP contribution in [0.4, 0.5) is 26.4 Å². The number of para-hydroxylation sites is 1. The summed E-state index contributed by atoms with van der Waals surface area (Å²) in [6.07, 6.45) is 0.903. The highest BCUT2D eigenvalue weighted by Gasteiger charge is 2.26. The number of sulfone groups is 1. The van der Waals surface area contributed by atoms with Crippen molar-refractivity contribution in [1.82, 2.24) is 19.5 Å². The summed E-state index contributed by atoms with van der Waals surface area (Å²) in [6, 6.07) is 7.80. The summed E-state index contributed by atoms with van der Waals surface area (Å²) in [5.74, 6) is -2.94. The maximum absolute atomic E-state index is 14.9. The van der Waals surface area contributed by atoms with Crippen LogP contribution in [0.25, 0.3) is 16.6 Å². The third-order valence-corrected chi connectivity index (χ3v) is 6.39. The smallest absolute Gasteiger partial charge is 0.267 e. The van der Waals surface area contributed by atoms with Crippen molar-refractivity contribution >= 4 is 38.3 Å². The summed E-state index contributed by atoms with van der Waals surface area (Å²) < 4.78 is 55.2. The minimum Gasteiger partial charge on any atom is -0.382 e. The second-order valence-electron chi connectivity index (χ2n) is 7.77. The van der Waals surface area contributed by atoms with Gasteiger partial charge in [0.05, 0.1) is 21.8 Å². The van der Waals surface area contributed by atoms with E-state index in [0.717, 1.165) is 24.5 Å². The highest BCUT2D eigenvalue weighted by Crippen LogP contribution is 2.28. The maximum Gasteiger partial charge on any atom is 0.267 e. The average molecular weight is 513 g/mol. The maximum atomic E-state index is 14.9. The van der Waals surface area contributed by atoms with E-state index in [9.17, 15) is 27.3 Å². The topological polar surface area (TPSA) is 183 Å². The van der Waals surface area contributed by atoms with E-state index in [-0.39, 0.29) is 44.8 Å². The Kier molecular flexibility index (Phi) is 6.02. The fraction of sp³-hybridized carbons (Fsp3) is 0.136. The highest BCUT2D eigenvalue weighted by atomic mass is 32.2. The van der Waals surface area contributed by atoms with Crippen molar-refractivity contribution in [2.45, 2.75) is 17.9 Å². The first kappa shape index (κ1) is 24.5. The van der Waals surface area contributed by atoms with Crippen LogP contribution >= 0.6 is 0 Å². The van der Waals surface area contributed by atoms with Gasteiger partial charge in [-0.3, -0.25) is 9.36 Å². The summed E-state index contributed by atoms with van der Waals surface area (Å²) in [7, 11) is -3.91. The van der Waals surface area contributed by atoms with Crippen LogP contribution in [0.1, 0.15) is 24.4 Å². The fourth-order valence-electron chi connectivity index (χ4n) is 3.72. The molecule has 0 amide bonds. The van der Waals surface area contributed by atoms with E-state index in [1.165, 1.54) is 25.1 Å². The lowest BCUT2D eigenvalue weighted by molar-refractivity contribution is 0.557. The number of nitrogens with one attached hydrogen (secondary N) is 1. The number of fused-ring (bicyclic) bond motifs is 1. The van der Waals surface area contributed by atoms with E-state index in [2.05, 4.69) is 20.3 Å². The fourth-order valence-corrected chi connectivity index (χ4v) is 4.60. The molecule has 0 saturated heterocycles. The molecule has 0 saturated carbocycles. The lowest BCUT2D eigenvalue weighted by Crippen LogP contribution is -2.30. The van der Waals surface area contributed by atoms with Crippen LogP contribution < -0.4 is 22.3 Å². The molecule has 2 aromatic carbocycles. The SMILES string of the molecule is CC(Nc1nc(N)nc(N)c1C#N)c1nc2cccc(S(C)(=O)=O)c2c(=O)n1-c1c(F)cccc1F. The Hall–Kier alpha value is -4.64. The van der Waals surface area contributed by atoms with Gasteiger partial charge in [0.1, 0.15) is 40.6 Å². The quantitative estimate of drug-likeness (QED) is 0.358. The number of hydrogen-bond donors (Lipinski definition) is 3. The minimum atomic E-state index is -3.91. The molecule has 0 aliphatic heterocycles. The normalized spacial score (nSPS) is 12.3. The molecular weight excluding hydrogens is 494 g/mol. The zero-order valence-electron chi connectivity index (χ0n) is 18.8. The lowest BCUT2D eigenvalue weighted by Gasteiger charge is -2.21. The molecule has 0 fully saturated rings. The van der Waals surface area contributed by atoms with Gasteiger partial charge in [0, 0.05) is 6.26 Å². The summed E-state index contributed by atoms with van der Waals surface area (Å²) in [4.78, 5) is 25.4. The molecular formula is C22H18F2N8O3S. The second kappa shape index (κ2) is 8.86. The lowest BCUT2D eigenvalue weighted by atomic mass is 10.2. The molecule has 11 nitrogen and oxygen atoms in total. The van der Waals surface area contributed by atoms with Gasteiger partial charge in [0.15, 0.2) is 15.7 Å². The summed E-state index contributed by atoms with van der Waals surface area (Å²) >= 11 is 0. The van der Waals surface area contributed by atoms with E-state index in [1.807, 2.05) is 6.07 Å². The average Bonchev–Trinajstić information content (AvgIpc) is 2.78. The van der Waals surface area contributed by atoms with E-state index < -0.39 is 38.8 Å². The Labute approximate surface area is 203 Å². The molecule has 0 aliphatic rings. The third-order valence-electron chi connectivity index (χ3n) is 5.25. The van der Waals surface area contributed by atoms with Crippen LogP contribution in [0.15, 0.2) is 46.1 Å². The van der Waals surface area contributed by atoms with Crippen molar-refractivity contribution in [3.63, 3.8) is 0 Å². The van der Waals surface area contributed by atoms with Crippen molar-refractivity contribution in [3.8, 4) is 11.8 Å². The van der Waals surface area contributed by atoms with Crippen LogP contribution in [-0.2, 0) is 9.84 Å². The molecule has 4 aromatic rings. The predicted molar refractivity (Wildman–Crippen MR) is 128 cm³/mol. The zero-order chi connectivity index (χ0) is 26.4. The van der Waals surface area contributed by atoms with Gasteiger partial charge in [0.25, 0.3) is 5.56 Å². The third kappa shape index (κ3) is 4.16. The molecule has 0 radical (unpaired) electrons. The van der Waals surface area contributed by atoms with Crippen molar-refractivity contribution in [2.75, 3.05) is 23.0 Å². The van der Waals surface area contributed by atoms with E-state index in [0.29, 0.717) is 4.57 Å². The molecule has 5 N–H and O–H groups in total. The van der Waals surface area contributed by atoms with Crippen LogP contribution in [-0.4, -0.2) is 34.2 Å². The summed E-state index contributed by atoms with van der Waals surface area (Å²) in [5.41, 5.74) is 9.43. The molecule has 0 bridgehead atoms. The van der Waals surface area contributed by atoms with E-state index in [4.69, 9.17) is 11.5 Å². The highest BCUT2D eigenvalue weighted by molar-refractivity contribution is 7.91. The number of aromatic nitrogens is 4. The number of rotatable bonds is 5. The number of nitrogen functional groups attached to an aromatic ring is 2. The van der Waals surface area contributed by atoms with Gasteiger partial charge in [-0.05, 0) is 31.2 Å². The zero-order valence-corrected chi connectivity index (χ0v) is 19.6. The Morgan fingerprint density at radius 2 is 1.72 bits per heavy atom. The molecule has 2 heterocycles. The molecule has 14 heteroatoms. The number of halogens is 2. The number of anilines is 3. The first-order valence-corrected chi connectivity index (χ1v) is 12.1. The van der Waals surface area contributed by atoms with Crippen LogP contribution in [0.2, 0.25) is 0 Å². The Morgan fingerprint density at radius 3 is 2.33 bits per heavy atom. The van der Waals surface area contributed by atoms with Crippen molar-refractivity contribution < 1.29 is 17.2 Å². The van der Waals surface area contributed by atoms with E-state index in [1.54, 1.807) is 0 Å².